The molecule has 1 rings (SSSR count). The second kappa shape index (κ2) is 8.82. The fourth-order valence-corrected chi connectivity index (χ4v) is 1.95. The molecule has 0 aromatic heterocycles. The Bertz CT molecular complexity index is 435. The highest BCUT2D eigenvalue weighted by Gasteiger charge is 2.11. The largest absolute Gasteiger partial charge is 0.375 e. The first-order valence-electron chi connectivity index (χ1n) is 6.79. The van der Waals surface area contributed by atoms with Gasteiger partial charge in [-0.1, -0.05) is 37.6 Å². The van der Waals surface area contributed by atoms with Crippen molar-refractivity contribution in [3.05, 3.63) is 34.9 Å². The topological polar surface area (TPSA) is 45.7 Å². The van der Waals surface area contributed by atoms with Crippen molar-refractivity contribution < 1.29 is 4.74 Å². The van der Waals surface area contributed by atoms with Crippen LogP contribution in [0.2, 0.25) is 5.02 Å². The Morgan fingerprint density at radius 2 is 2.00 bits per heavy atom. The molecule has 0 spiro atoms. The van der Waals surface area contributed by atoms with Crippen LogP contribution in [0.25, 0.3) is 0 Å². The molecule has 0 saturated carbocycles. The second-order valence-electron chi connectivity index (χ2n) is 5.01. The summed E-state index contributed by atoms with van der Waals surface area (Å²) < 4.78 is 5.51. The smallest absolute Gasteiger partial charge is 0.191 e. The van der Waals surface area contributed by atoms with Crippen molar-refractivity contribution in [1.29, 1.82) is 0 Å². The molecule has 0 bridgehead atoms. The summed E-state index contributed by atoms with van der Waals surface area (Å²) in [6.07, 6.45) is -0.0636. The fraction of sp³-hybridized carbons (Fsp3) is 0.533. The van der Waals surface area contributed by atoms with Gasteiger partial charge in [0.05, 0.1) is 6.10 Å². The molecule has 1 atom stereocenters. The molecule has 0 aliphatic rings. The first kappa shape index (κ1) is 16.8. The number of nitrogens with one attached hydrogen (secondary N) is 2. The first-order chi connectivity index (χ1) is 9.56. The Hall–Kier alpha value is -1.26. The minimum Gasteiger partial charge on any atom is -0.375 e. The zero-order valence-corrected chi connectivity index (χ0v) is 13.4. The molecule has 1 aromatic rings. The molecule has 0 fully saturated rings. The Morgan fingerprint density at radius 3 is 2.55 bits per heavy atom. The second-order valence-corrected chi connectivity index (χ2v) is 5.44. The third kappa shape index (κ3) is 5.80. The SMILES string of the molecule is CN=C(NCC(C)C)NCC(OC)c1cccc(Cl)c1. The number of guanidine groups is 1. The average molecular weight is 298 g/mol. The van der Waals surface area contributed by atoms with E-state index in [0.29, 0.717) is 17.5 Å². The van der Waals surface area contributed by atoms with Gasteiger partial charge in [0.15, 0.2) is 5.96 Å². The van der Waals surface area contributed by atoms with Gasteiger partial charge >= 0.3 is 0 Å². The summed E-state index contributed by atoms with van der Waals surface area (Å²) in [7, 11) is 3.45. The molecule has 0 heterocycles. The van der Waals surface area contributed by atoms with Crippen LogP contribution in [-0.2, 0) is 4.74 Å². The van der Waals surface area contributed by atoms with Gasteiger partial charge in [-0.3, -0.25) is 4.99 Å². The van der Waals surface area contributed by atoms with E-state index in [4.69, 9.17) is 16.3 Å². The maximum Gasteiger partial charge on any atom is 0.191 e. The van der Waals surface area contributed by atoms with Crippen molar-refractivity contribution in [2.45, 2.75) is 20.0 Å². The fourth-order valence-electron chi connectivity index (χ4n) is 1.75. The molecule has 112 valence electrons. The van der Waals surface area contributed by atoms with Crippen molar-refractivity contribution in [3.63, 3.8) is 0 Å². The highest BCUT2D eigenvalue weighted by atomic mass is 35.5. The Labute approximate surface area is 126 Å². The van der Waals surface area contributed by atoms with Crippen molar-refractivity contribution in [1.82, 2.24) is 10.6 Å². The van der Waals surface area contributed by atoms with Gasteiger partial charge in [0.25, 0.3) is 0 Å². The molecule has 5 heteroatoms. The summed E-state index contributed by atoms with van der Waals surface area (Å²) in [5.41, 5.74) is 1.05. The lowest BCUT2D eigenvalue weighted by Gasteiger charge is -2.19. The molecule has 1 aromatic carbocycles. The number of methoxy groups -OCH3 is 1. The van der Waals surface area contributed by atoms with Gasteiger partial charge in [-0.05, 0) is 23.6 Å². The van der Waals surface area contributed by atoms with Gasteiger partial charge in [-0.15, -0.1) is 0 Å². The van der Waals surface area contributed by atoms with Gasteiger partial charge in [-0.25, -0.2) is 0 Å². The van der Waals surface area contributed by atoms with Crippen LogP contribution in [0.15, 0.2) is 29.3 Å². The van der Waals surface area contributed by atoms with Gasteiger partial charge in [0, 0.05) is 32.3 Å². The standard InChI is InChI=1S/C15H24ClN3O/c1-11(2)9-18-15(17-3)19-10-14(20-4)12-6-5-7-13(16)8-12/h5-8,11,14H,9-10H2,1-4H3,(H2,17,18,19). The number of nitrogens with zero attached hydrogens (tertiary/aromatic N) is 1. The summed E-state index contributed by atoms with van der Waals surface area (Å²) in [5.74, 6) is 1.35. The quantitative estimate of drug-likeness (QED) is 0.627. The molecule has 0 aliphatic carbocycles. The molecule has 1 unspecified atom stereocenters. The monoisotopic (exact) mass is 297 g/mol. The highest BCUT2D eigenvalue weighted by Crippen LogP contribution is 2.19. The van der Waals surface area contributed by atoms with Crippen LogP contribution in [0.1, 0.15) is 25.5 Å². The minimum atomic E-state index is -0.0636. The van der Waals surface area contributed by atoms with E-state index < -0.39 is 0 Å². The first-order valence-corrected chi connectivity index (χ1v) is 7.17. The van der Waals surface area contributed by atoms with E-state index in [2.05, 4.69) is 29.5 Å². The molecule has 0 saturated heterocycles. The zero-order chi connectivity index (χ0) is 15.0. The van der Waals surface area contributed by atoms with Crippen LogP contribution in [0, 0.1) is 5.92 Å². The molecule has 4 nitrogen and oxygen atoms in total. The maximum atomic E-state index is 6.01. The third-order valence-corrected chi connectivity index (χ3v) is 3.10. The highest BCUT2D eigenvalue weighted by molar-refractivity contribution is 6.30. The van der Waals surface area contributed by atoms with Crippen LogP contribution in [0.3, 0.4) is 0 Å². The lowest BCUT2D eigenvalue weighted by atomic mass is 10.1. The Kier molecular flexibility index (Phi) is 7.41. The number of hydrogen-bond acceptors (Lipinski definition) is 2. The van der Waals surface area contributed by atoms with E-state index >= 15 is 0 Å². The van der Waals surface area contributed by atoms with Crippen molar-refractivity contribution in [2.24, 2.45) is 10.9 Å². The zero-order valence-electron chi connectivity index (χ0n) is 12.6. The van der Waals surface area contributed by atoms with Crippen molar-refractivity contribution in [2.75, 3.05) is 27.2 Å². The van der Waals surface area contributed by atoms with Gasteiger partial charge in [0.1, 0.15) is 0 Å². The normalized spacial score (nSPS) is 13.4. The summed E-state index contributed by atoms with van der Waals surface area (Å²) in [6.45, 7) is 5.83. The Morgan fingerprint density at radius 1 is 1.30 bits per heavy atom. The Balaban J connectivity index is 2.56. The number of rotatable bonds is 6. The number of aliphatic imine (C=N–C) groups is 1. The minimum absolute atomic E-state index is 0.0636. The lowest BCUT2D eigenvalue weighted by Crippen LogP contribution is -2.41. The van der Waals surface area contributed by atoms with E-state index in [1.165, 1.54) is 0 Å². The van der Waals surface area contributed by atoms with E-state index in [0.717, 1.165) is 18.1 Å². The molecule has 0 aliphatic heterocycles. The summed E-state index contributed by atoms with van der Waals surface area (Å²) in [6, 6.07) is 7.71. The van der Waals surface area contributed by atoms with Crippen LogP contribution in [0.5, 0.6) is 0 Å². The number of halogens is 1. The number of benzene rings is 1. The van der Waals surface area contributed by atoms with Crippen LogP contribution in [-0.4, -0.2) is 33.2 Å². The van der Waals surface area contributed by atoms with Gasteiger partial charge in [0.2, 0.25) is 0 Å². The van der Waals surface area contributed by atoms with Crippen molar-refractivity contribution in [3.8, 4) is 0 Å². The summed E-state index contributed by atoms with van der Waals surface area (Å²) in [5, 5.41) is 7.25. The predicted molar refractivity (Wildman–Crippen MR) is 85.4 cm³/mol. The lowest BCUT2D eigenvalue weighted by molar-refractivity contribution is 0.106. The van der Waals surface area contributed by atoms with Gasteiger partial charge in [-0.2, -0.15) is 0 Å². The molecule has 0 radical (unpaired) electrons. The molecule has 20 heavy (non-hydrogen) atoms. The number of ether oxygens (including phenoxy) is 1. The van der Waals surface area contributed by atoms with Crippen molar-refractivity contribution >= 4 is 17.6 Å². The van der Waals surface area contributed by atoms with Crippen LogP contribution in [0.4, 0.5) is 0 Å². The third-order valence-electron chi connectivity index (χ3n) is 2.86. The molecular weight excluding hydrogens is 274 g/mol. The molecule has 2 N–H and O–H groups in total. The number of hydrogen-bond donors (Lipinski definition) is 2. The van der Waals surface area contributed by atoms with E-state index in [1.807, 2.05) is 24.3 Å². The average Bonchev–Trinajstić information content (AvgIpc) is 2.42. The molecule has 0 amide bonds. The summed E-state index contributed by atoms with van der Waals surface area (Å²) in [4.78, 5) is 4.19. The van der Waals surface area contributed by atoms with E-state index in [-0.39, 0.29) is 6.10 Å². The van der Waals surface area contributed by atoms with Crippen LogP contribution >= 0.6 is 11.6 Å². The van der Waals surface area contributed by atoms with E-state index in [1.54, 1.807) is 14.2 Å². The van der Waals surface area contributed by atoms with E-state index in [9.17, 15) is 0 Å². The van der Waals surface area contributed by atoms with Crippen LogP contribution < -0.4 is 10.6 Å². The molecular formula is C15H24ClN3O. The predicted octanol–water partition coefficient (Wildman–Crippen LogP) is 2.85. The summed E-state index contributed by atoms with van der Waals surface area (Å²) >= 11 is 6.01. The maximum absolute atomic E-state index is 6.01. The van der Waals surface area contributed by atoms with Gasteiger partial charge < -0.3 is 15.4 Å².